The molecule has 0 radical (unpaired) electrons. The molecule has 0 atom stereocenters. The number of ether oxygens (including phenoxy) is 1. The fraction of sp³-hybridized carbons (Fsp3) is 0.450. The summed E-state index contributed by atoms with van der Waals surface area (Å²) in [5.74, 6) is 0.688. The molecule has 1 aromatic carbocycles. The Morgan fingerprint density at radius 3 is 2.55 bits per heavy atom. The minimum Gasteiger partial charge on any atom is -0.477 e. The summed E-state index contributed by atoms with van der Waals surface area (Å²) in [4.78, 5) is 8.97. The quantitative estimate of drug-likeness (QED) is 0.655. The van der Waals surface area contributed by atoms with Crippen LogP contribution in [0.15, 0.2) is 35.6 Å². The summed E-state index contributed by atoms with van der Waals surface area (Å²) in [5, 5.41) is 4.19. The summed E-state index contributed by atoms with van der Waals surface area (Å²) in [6, 6.07) is 4.17. The molecule has 5 rings (SSSR count). The number of aryl methyl sites for hydroxylation is 2. The minimum absolute atomic E-state index is 0.188. The molecule has 0 N–H and O–H groups in total. The van der Waals surface area contributed by atoms with Gasteiger partial charge in [0, 0.05) is 38.4 Å². The van der Waals surface area contributed by atoms with E-state index in [-0.39, 0.29) is 4.90 Å². The molecule has 4 heterocycles. The highest BCUT2D eigenvalue weighted by Crippen LogP contribution is 2.35. The van der Waals surface area contributed by atoms with Crippen LogP contribution >= 0.6 is 0 Å². The molecule has 9 heteroatoms. The van der Waals surface area contributed by atoms with E-state index >= 15 is 0 Å². The number of sulfonamides is 1. The molecule has 0 bridgehead atoms. The van der Waals surface area contributed by atoms with Gasteiger partial charge < -0.3 is 4.74 Å². The number of nitrogens with zero attached hydrogens (tertiary/aromatic N) is 5. The van der Waals surface area contributed by atoms with Crippen LogP contribution in [0.1, 0.15) is 36.3 Å². The van der Waals surface area contributed by atoms with Crippen molar-refractivity contribution in [1.82, 2.24) is 24.1 Å². The predicted molar refractivity (Wildman–Crippen MR) is 107 cm³/mol. The standard InChI is InChI=1S/C20H23N5O3S/c1-14-11-17-18(22-6-5-21-17)12-16(14)15-3-8-24(9-4-15)29(26,27)19-13-23-25-7-2-10-28-20(19)25/h5-6,11-13,15H,2-4,7-10H2,1H3. The molecule has 2 aromatic heterocycles. The van der Waals surface area contributed by atoms with E-state index in [0.717, 1.165) is 30.3 Å². The Morgan fingerprint density at radius 1 is 1.07 bits per heavy atom. The summed E-state index contributed by atoms with van der Waals surface area (Å²) in [5.41, 5.74) is 4.19. The van der Waals surface area contributed by atoms with E-state index in [1.54, 1.807) is 21.4 Å². The zero-order valence-electron chi connectivity index (χ0n) is 16.3. The second-order valence-corrected chi connectivity index (χ2v) is 9.58. The first-order chi connectivity index (χ1) is 14.0. The first-order valence-corrected chi connectivity index (χ1v) is 11.4. The van der Waals surface area contributed by atoms with Crippen LogP contribution in [0.5, 0.6) is 5.88 Å². The van der Waals surface area contributed by atoms with Crippen molar-refractivity contribution >= 4 is 21.1 Å². The Labute approximate surface area is 169 Å². The van der Waals surface area contributed by atoms with Gasteiger partial charge in [0.05, 0.1) is 23.8 Å². The molecule has 0 aliphatic carbocycles. The van der Waals surface area contributed by atoms with E-state index in [9.17, 15) is 8.42 Å². The molecular formula is C20H23N5O3S. The van der Waals surface area contributed by atoms with Gasteiger partial charge >= 0.3 is 0 Å². The first-order valence-electron chi connectivity index (χ1n) is 9.94. The molecule has 0 unspecified atom stereocenters. The van der Waals surface area contributed by atoms with E-state index in [1.807, 2.05) is 0 Å². The molecule has 0 amide bonds. The Bertz CT molecular complexity index is 1170. The summed E-state index contributed by atoms with van der Waals surface area (Å²) < 4.78 is 35.2. The van der Waals surface area contributed by atoms with E-state index < -0.39 is 10.0 Å². The smallest absolute Gasteiger partial charge is 0.250 e. The lowest BCUT2D eigenvalue weighted by Crippen LogP contribution is -2.38. The van der Waals surface area contributed by atoms with Gasteiger partial charge in [-0.1, -0.05) is 0 Å². The number of piperidine rings is 1. The van der Waals surface area contributed by atoms with Gasteiger partial charge in [0.15, 0.2) is 4.90 Å². The summed E-state index contributed by atoms with van der Waals surface area (Å²) in [7, 11) is -3.61. The molecule has 8 nitrogen and oxygen atoms in total. The topological polar surface area (TPSA) is 90.2 Å². The van der Waals surface area contributed by atoms with Crippen LogP contribution in [0.25, 0.3) is 11.0 Å². The van der Waals surface area contributed by atoms with Crippen molar-refractivity contribution < 1.29 is 13.2 Å². The van der Waals surface area contributed by atoms with Gasteiger partial charge in [-0.05, 0) is 48.9 Å². The number of hydrogen-bond donors (Lipinski definition) is 0. The summed E-state index contributed by atoms with van der Waals surface area (Å²) in [6.45, 7) is 4.27. The van der Waals surface area contributed by atoms with Gasteiger partial charge in [-0.2, -0.15) is 9.40 Å². The molecule has 1 saturated heterocycles. The van der Waals surface area contributed by atoms with E-state index in [2.05, 4.69) is 34.1 Å². The zero-order chi connectivity index (χ0) is 20.0. The second kappa shape index (κ2) is 7.07. The van der Waals surface area contributed by atoms with E-state index in [1.165, 1.54) is 17.3 Å². The van der Waals surface area contributed by atoms with Crippen LogP contribution in [0, 0.1) is 6.92 Å². The summed E-state index contributed by atoms with van der Waals surface area (Å²) in [6.07, 6.45) is 7.21. The third-order valence-corrected chi connectivity index (χ3v) is 7.76. The monoisotopic (exact) mass is 413 g/mol. The van der Waals surface area contributed by atoms with Crippen molar-refractivity contribution in [2.75, 3.05) is 19.7 Å². The van der Waals surface area contributed by atoms with Gasteiger partial charge in [0.25, 0.3) is 0 Å². The maximum Gasteiger partial charge on any atom is 0.250 e. The summed E-state index contributed by atoms with van der Waals surface area (Å²) >= 11 is 0. The number of hydrogen-bond acceptors (Lipinski definition) is 6. The molecule has 1 fully saturated rings. The highest BCUT2D eigenvalue weighted by atomic mass is 32.2. The minimum atomic E-state index is -3.61. The maximum atomic E-state index is 13.2. The van der Waals surface area contributed by atoms with Crippen molar-refractivity contribution in [3.05, 3.63) is 41.9 Å². The fourth-order valence-corrected chi connectivity index (χ4v) is 5.87. The number of fused-ring (bicyclic) bond motifs is 2. The van der Waals surface area contributed by atoms with Crippen LogP contribution in [-0.2, 0) is 16.6 Å². The van der Waals surface area contributed by atoms with Gasteiger partial charge in [-0.25, -0.2) is 13.1 Å². The van der Waals surface area contributed by atoms with Gasteiger partial charge in [-0.15, -0.1) is 0 Å². The second-order valence-electron chi connectivity index (χ2n) is 7.67. The molecule has 152 valence electrons. The first kappa shape index (κ1) is 18.5. The van der Waals surface area contributed by atoms with Crippen molar-refractivity contribution in [3.63, 3.8) is 0 Å². The van der Waals surface area contributed by atoms with E-state index in [0.29, 0.717) is 38.0 Å². The lowest BCUT2D eigenvalue weighted by molar-refractivity contribution is 0.223. The fourth-order valence-electron chi connectivity index (χ4n) is 4.34. The van der Waals surface area contributed by atoms with E-state index in [4.69, 9.17) is 4.74 Å². The van der Waals surface area contributed by atoms with Crippen LogP contribution < -0.4 is 4.74 Å². The van der Waals surface area contributed by atoms with Crippen molar-refractivity contribution in [1.29, 1.82) is 0 Å². The van der Waals surface area contributed by atoms with Gasteiger partial charge in [-0.3, -0.25) is 9.97 Å². The highest BCUT2D eigenvalue weighted by molar-refractivity contribution is 7.89. The van der Waals surface area contributed by atoms with Gasteiger partial charge in [0.2, 0.25) is 15.9 Å². The lowest BCUT2D eigenvalue weighted by Gasteiger charge is -2.32. The maximum absolute atomic E-state index is 13.2. The molecule has 0 saturated carbocycles. The molecule has 2 aliphatic heterocycles. The average molecular weight is 414 g/mol. The van der Waals surface area contributed by atoms with Crippen LogP contribution in [-0.4, -0.2) is 52.2 Å². The molecule has 0 spiro atoms. The molecule has 29 heavy (non-hydrogen) atoms. The normalized spacial score (nSPS) is 18.5. The molecule has 3 aromatic rings. The number of rotatable bonds is 3. The number of benzene rings is 1. The Morgan fingerprint density at radius 2 is 1.79 bits per heavy atom. The lowest BCUT2D eigenvalue weighted by atomic mass is 9.87. The Hall–Kier alpha value is -2.52. The molecular weight excluding hydrogens is 390 g/mol. The van der Waals surface area contributed by atoms with Crippen molar-refractivity contribution in [3.8, 4) is 5.88 Å². The largest absolute Gasteiger partial charge is 0.477 e. The van der Waals surface area contributed by atoms with Crippen molar-refractivity contribution in [2.24, 2.45) is 0 Å². The zero-order valence-corrected chi connectivity index (χ0v) is 17.1. The third-order valence-electron chi connectivity index (χ3n) is 5.88. The Kier molecular flexibility index (Phi) is 4.51. The van der Waals surface area contributed by atoms with Crippen LogP contribution in [0.4, 0.5) is 0 Å². The van der Waals surface area contributed by atoms with Gasteiger partial charge in [0.1, 0.15) is 0 Å². The van der Waals surface area contributed by atoms with Crippen LogP contribution in [0.2, 0.25) is 0 Å². The highest BCUT2D eigenvalue weighted by Gasteiger charge is 2.35. The Balaban J connectivity index is 1.36. The SMILES string of the molecule is Cc1cc2nccnc2cc1C1CCN(S(=O)(=O)c2cnn3c2OCCC3)CC1. The predicted octanol–water partition coefficient (Wildman–Crippen LogP) is 2.49. The number of aromatic nitrogens is 4. The van der Waals surface area contributed by atoms with Crippen molar-refractivity contribution in [2.45, 2.75) is 43.5 Å². The molecule has 2 aliphatic rings. The average Bonchev–Trinajstić information content (AvgIpc) is 3.18. The third kappa shape index (κ3) is 3.18. The van der Waals surface area contributed by atoms with Crippen LogP contribution in [0.3, 0.4) is 0 Å².